The highest BCUT2D eigenvalue weighted by Gasteiger charge is 2.33. The number of hydrogen-bond acceptors (Lipinski definition) is 4. The van der Waals surface area contributed by atoms with E-state index in [4.69, 9.17) is 0 Å². The molecular weight excluding hydrogens is 380 g/mol. The standard InChI is InChI=1S/C20H17F2N5O2/c21-15-5-7-17(8-6-15)27-10-9-25(19(28)20(27)29)12-16-13-26(24-23-16)11-14-3-1-2-4-18(14)22/h1-8,13H,9-12H2. The smallest absolute Gasteiger partial charge is 0.316 e. The number of rotatable bonds is 5. The van der Waals surface area contributed by atoms with Crippen LogP contribution in [-0.2, 0) is 22.7 Å². The topological polar surface area (TPSA) is 71.3 Å². The molecule has 0 aliphatic carbocycles. The van der Waals surface area contributed by atoms with Gasteiger partial charge in [-0.3, -0.25) is 9.59 Å². The number of carbonyl (C=O) groups is 2. The van der Waals surface area contributed by atoms with Crippen LogP contribution in [0.3, 0.4) is 0 Å². The van der Waals surface area contributed by atoms with Gasteiger partial charge in [0.2, 0.25) is 0 Å². The molecule has 1 saturated heterocycles. The Morgan fingerprint density at radius 3 is 2.41 bits per heavy atom. The van der Waals surface area contributed by atoms with Crippen molar-refractivity contribution in [2.75, 3.05) is 18.0 Å². The first-order valence-electron chi connectivity index (χ1n) is 9.00. The summed E-state index contributed by atoms with van der Waals surface area (Å²) in [6.45, 7) is 0.936. The number of carbonyl (C=O) groups excluding carboxylic acids is 2. The van der Waals surface area contributed by atoms with Gasteiger partial charge in [-0.15, -0.1) is 5.10 Å². The molecule has 1 aliphatic heterocycles. The molecule has 1 aromatic heterocycles. The van der Waals surface area contributed by atoms with Crippen LogP contribution in [0.2, 0.25) is 0 Å². The van der Waals surface area contributed by atoms with Gasteiger partial charge in [0.1, 0.15) is 17.3 Å². The minimum absolute atomic E-state index is 0.124. The van der Waals surface area contributed by atoms with Crippen molar-refractivity contribution in [1.82, 2.24) is 19.9 Å². The van der Waals surface area contributed by atoms with Gasteiger partial charge in [-0.25, -0.2) is 13.5 Å². The first-order valence-corrected chi connectivity index (χ1v) is 9.00. The number of hydrogen-bond donors (Lipinski definition) is 0. The predicted octanol–water partition coefficient (Wildman–Crippen LogP) is 1.98. The zero-order chi connectivity index (χ0) is 20.4. The van der Waals surface area contributed by atoms with Crippen LogP contribution < -0.4 is 4.90 Å². The van der Waals surface area contributed by atoms with Gasteiger partial charge < -0.3 is 9.80 Å². The molecule has 7 nitrogen and oxygen atoms in total. The third kappa shape index (κ3) is 3.98. The summed E-state index contributed by atoms with van der Waals surface area (Å²) in [5.41, 5.74) is 1.45. The Balaban J connectivity index is 1.41. The molecule has 0 atom stereocenters. The van der Waals surface area contributed by atoms with Crippen molar-refractivity contribution in [3.05, 3.63) is 77.6 Å². The predicted molar refractivity (Wildman–Crippen MR) is 99.7 cm³/mol. The van der Waals surface area contributed by atoms with Gasteiger partial charge in [0.05, 0.1) is 19.3 Å². The summed E-state index contributed by atoms with van der Waals surface area (Å²) in [6.07, 6.45) is 1.62. The highest BCUT2D eigenvalue weighted by Crippen LogP contribution is 2.19. The third-order valence-corrected chi connectivity index (χ3v) is 4.68. The van der Waals surface area contributed by atoms with E-state index < -0.39 is 17.6 Å². The molecule has 3 aromatic rings. The second kappa shape index (κ2) is 7.78. The van der Waals surface area contributed by atoms with Gasteiger partial charge in [0, 0.05) is 24.3 Å². The Morgan fingerprint density at radius 2 is 1.66 bits per heavy atom. The number of nitrogens with zero attached hydrogens (tertiary/aromatic N) is 5. The van der Waals surface area contributed by atoms with E-state index in [1.807, 2.05) is 0 Å². The maximum absolute atomic E-state index is 13.8. The van der Waals surface area contributed by atoms with Crippen LogP contribution in [0, 0.1) is 11.6 Å². The van der Waals surface area contributed by atoms with Gasteiger partial charge >= 0.3 is 11.8 Å². The normalized spacial score (nSPS) is 14.6. The van der Waals surface area contributed by atoms with Crippen molar-refractivity contribution in [3.8, 4) is 0 Å². The highest BCUT2D eigenvalue weighted by molar-refractivity contribution is 6.40. The maximum atomic E-state index is 13.8. The van der Waals surface area contributed by atoms with Crippen LogP contribution in [0.5, 0.6) is 0 Å². The molecule has 2 heterocycles. The molecule has 29 heavy (non-hydrogen) atoms. The van der Waals surface area contributed by atoms with E-state index in [1.54, 1.807) is 24.4 Å². The first-order chi connectivity index (χ1) is 14.0. The largest absolute Gasteiger partial charge is 0.327 e. The SMILES string of the molecule is O=C1C(=O)N(c2ccc(F)cc2)CCN1Cc1cn(Cc2ccccc2F)nn1. The van der Waals surface area contributed by atoms with Crippen LogP contribution in [-0.4, -0.2) is 44.8 Å². The number of halogens is 2. The lowest BCUT2D eigenvalue weighted by Crippen LogP contribution is -2.54. The van der Waals surface area contributed by atoms with Crippen LogP contribution in [0.15, 0.2) is 54.7 Å². The van der Waals surface area contributed by atoms with E-state index in [1.165, 1.54) is 44.8 Å². The van der Waals surface area contributed by atoms with Crippen molar-refractivity contribution in [1.29, 1.82) is 0 Å². The summed E-state index contributed by atoms with van der Waals surface area (Å²) in [5, 5.41) is 7.98. The van der Waals surface area contributed by atoms with E-state index in [0.29, 0.717) is 30.0 Å². The molecule has 0 saturated carbocycles. The average molecular weight is 397 g/mol. The fourth-order valence-electron chi connectivity index (χ4n) is 3.18. The highest BCUT2D eigenvalue weighted by atomic mass is 19.1. The Labute approximate surface area is 165 Å². The molecule has 0 bridgehead atoms. The second-order valence-electron chi connectivity index (χ2n) is 6.66. The molecule has 148 valence electrons. The quantitative estimate of drug-likeness (QED) is 0.618. The van der Waals surface area contributed by atoms with Gasteiger partial charge in [-0.05, 0) is 30.3 Å². The van der Waals surface area contributed by atoms with Crippen LogP contribution in [0.25, 0.3) is 0 Å². The Bertz CT molecular complexity index is 1050. The van der Waals surface area contributed by atoms with Gasteiger partial charge in [0.15, 0.2) is 0 Å². The minimum Gasteiger partial charge on any atom is -0.327 e. The lowest BCUT2D eigenvalue weighted by molar-refractivity contribution is -0.146. The molecular formula is C20H17F2N5O2. The fourth-order valence-corrected chi connectivity index (χ4v) is 3.18. The second-order valence-corrected chi connectivity index (χ2v) is 6.66. The zero-order valence-corrected chi connectivity index (χ0v) is 15.3. The number of piperazine rings is 1. The summed E-state index contributed by atoms with van der Waals surface area (Å²) >= 11 is 0. The Morgan fingerprint density at radius 1 is 0.897 bits per heavy atom. The maximum Gasteiger partial charge on any atom is 0.316 e. The van der Waals surface area contributed by atoms with Gasteiger partial charge in [0.25, 0.3) is 0 Å². The molecule has 0 radical (unpaired) electrons. The molecule has 1 aliphatic rings. The Kier molecular flexibility index (Phi) is 5.03. The molecule has 9 heteroatoms. The number of benzene rings is 2. The van der Waals surface area contributed by atoms with Crippen molar-refractivity contribution < 1.29 is 18.4 Å². The first kappa shape index (κ1) is 18.7. The number of aromatic nitrogens is 3. The van der Waals surface area contributed by atoms with Crippen molar-refractivity contribution >= 4 is 17.5 Å². The molecule has 4 rings (SSSR count). The van der Waals surface area contributed by atoms with Crippen LogP contribution in [0.4, 0.5) is 14.5 Å². The third-order valence-electron chi connectivity index (χ3n) is 4.68. The summed E-state index contributed by atoms with van der Waals surface area (Å²) in [6, 6.07) is 11.8. The zero-order valence-electron chi connectivity index (χ0n) is 15.3. The van der Waals surface area contributed by atoms with E-state index in [9.17, 15) is 18.4 Å². The lowest BCUT2D eigenvalue weighted by atomic mass is 10.2. The summed E-state index contributed by atoms with van der Waals surface area (Å²) in [7, 11) is 0. The fraction of sp³-hybridized carbons (Fsp3) is 0.200. The van der Waals surface area contributed by atoms with Crippen molar-refractivity contribution in [3.63, 3.8) is 0 Å². The average Bonchev–Trinajstić information content (AvgIpc) is 3.15. The van der Waals surface area contributed by atoms with Gasteiger partial charge in [-0.2, -0.15) is 0 Å². The molecule has 2 aromatic carbocycles. The van der Waals surface area contributed by atoms with Crippen LogP contribution >= 0.6 is 0 Å². The number of amides is 2. The van der Waals surface area contributed by atoms with E-state index in [2.05, 4.69) is 10.3 Å². The summed E-state index contributed by atoms with van der Waals surface area (Å²) in [4.78, 5) is 27.6. The molecule has 0 spiro atoms. The van der Waals surface area contributed by atoms with Crippen molar-refractivity contribution in [2.45, 2.75) is 13.1 Å². The van der Waals surface area contributed by atoms with Crippen molar-refractivity contribution in [2.24, 2.45) is 0 Å². The molecule has 1 fully saturated rings. The number of anilines is 1. The molecule has 2 amide bonds. The molecule has 0 N–H and O–H groups in total. The minimum atomic E-state index is -0.679. The Hall–Kier alpha value is -3.62. The van der Waals surface area contributed by atoms with Crippen LogP contribution in [0.1, 0.15) is 11.3 Å². The summed E-state index contributed by atoms with van der Waals surface area (Å²) in [5.74, 6) is -2.09. The summed E-state index contributed by atoms with van der Waals surface area (Å²) < 4.78 is 28.3. The monoisotopic (exact) mass is 397 g/mol. The van der Waals surface area contributed by atoms with E-state index >= 15 is 0 Å². The van der Waals surface area contributed by atoms with E-state index in [-0.39, 0.29) is 18.9 Å². The lowest BCUT2D eigenvalue weighted by Gasteiger charge is -2.33. The molecule has 0 unspecified atom stereocenters. The van der Waals surface area contributed by atoms with Gasteiger partial charge in [-0.1, -0.05) is 23.4 Å². The van der Waals surface area contributed by atoms with E-state index in [0.717, 1.165) is 0 Å².